The van der Waals surface area contributed by atoms with Gasteiger partial charge in [-0.1, -0.05) is 17.7 Å². The molecule has 4 nitrogen and oxygen atoms in total. The van der Waals surface area contributed by atoms with Crippen LogP contribution >= 0.6 is 24.0 Å². The molecule has 1 atom stereocenters. The minimum absolute atomic E-state index is 0. The van der Waals surface area contributed by atoms with Crippen LogP contribution in [0.4, 0.5) is 0 Å². The summed E-state index contributed by atoms with van der Waals surface area (Å²) >= 11 is 6.06. The van der Waals surface area contributed by atoms with E-state index in [-0.39, 0.29) is 24.4 Å². The molecule has 0 spiro atoms. The minimum Gasteiger partial charge on any atom is -0.494 e. The van der Waals surface area contributed by atoms with Crippen LogP contribution in [-0.4, -0.2) is 37.6 Å². The first-order valence-electron chi connectivity index (χ1n) is 5.62. The molecule has 6 heteroatoms. The maximum Gasteiger partial charge on any atom is 0.258 e. The monoisotopic (exact) mass is 288 g/mol. The first-order valence-corrected chi connectivity index (χ1v) is 6.00. The quantitative estimate of drug-likeness (QED) is 0.858. The van der Waals surface area contributed by atoms with Crippen molar-refractivity contribution in [3.8, 4) is 5.75 Å². The molecule has 2 heterocycles. The van der Waals surface area contributed by atoms with Gasteiger partial charge in [-0.25, -0.2) is 0 Å². The van der Waals surface area contributed by atoms with Gasteiger partial charge < -0.3 is 15.0 Å². The van der Waals surface area contributed by atoms with Crippen molar-refractivity contribution < 1.29 is 9.53 Å². The Kier molecular flexibility index (Phi) is 3.71. The van der Waals surface area contributed by atoms with Crippen LogP contribution in [0.2, 0.25) is 5.02 Å². The second kappa shape index (κ2) is 4.96. The number of amides is 1. The molecule has 0 saturated carbocycles. The van der Waals surface area contributed by atoms with E-state index >= 15 is 0 Å². The summed E-state index contributed by atoms with van der Waals surface area (Å²) in [7, 11) is 1.55. The summed E-state index contributed by atoms with van der Waals surface area (Å²) < 4.78 is 5.26. The first kappa shape index (κ1) is 13.5. The molecule has 98 valence electrons. The highest BCUT2D eigenvalue weighted by atomic mass is 35.5. The highest BCUT2D eigenvalue weighted by Gasteiger charge is 2.40. The van der Waals surface area contributed by atoms with Gasteiger partial charge in [0.25, 0.3) is 5.91 Å². The van der Waals surface area contributed by atoms with Crippen LogP contribution in [0.25, 0.3) is 0 Å². The third-order valence-corrected chi connectivity index (χ3v) is 3.72. The summed E-state index contributed by atoms with van der Waals surface area (Å²) in [6, 6.07) is 3.85. The smallest absolute Gasteiger partial charge is 0.258 e. The van der Waals surface area contributed by atoms with E-state index in [0.717, 1.165) is 25.2 Å². The van der Waals surface area contributed by atoms with Gasteiger partial charge in [-0.05, 0) is 11.6 Å². The summed E-state index contributed by atoms with van der Waals surface area (Å²) in [6.45, 7) is 2.37. The van der Waals surface area contributed by atoms with Crippen molar-refractivity contribution in [2.45, 2.75) is 6.04 Å². The molecular weight excluding hydrogens is 275 g/mol. The number of halogens is 2. The van der Waals surface area contributed by atoms with Crippen molar-refractivity contribution in [1.82, 2.24) is 10.2 Å². The zero-order valence-corrected chi connectivity index (χ0v) is 11.5. The largest absolute Gasteiger partial charge is 0.494 e. The van der Waals surface area contributed by atoms with Gasteiger partial charge in [0.1, 0.15) is 0 Å². The number of nitrogens with zero attached hydrogens (tertiary/aromatic N) is 1. The Hall–Kier alpha value is -0.970. The molecule has 0 bridgehead atoms. The lowest BCUT2D eigenvalue weighted by Gasteiger charge is -2.30. The fraction of sp³-hybridized carbons (Fsp3) is 0.417. The Morgan fingerprint density at radius 1 is 1.50 bits per heavy atom. The average molecular weight is 289 g/mol. The average Bonchev–Trinajstić information content (AvgIpc) is 2.64. The fourth-order valence-corrected chi connectivity index (χ4v) is 2.87. The van der Waals surface area contributed by atoms with E-state index in [1.54, 1.807) is 13.2 Å². The van der Waals surface area contributed by atoms with Crippen LogP contribution in [0.5, 0.6) is 5.75 Å². The number of hydrogen-bond acceptors (Lipinski definition) is 3. The zero-order valence-electron chi connectivity index (χ0n) is 9.90. The number of benzene rings is 1. The Labute approximate surface area is 117 Å². The molecule has 0 aromatic heterocycles. The molecule has 2 aliphatic heterocycles. The molecule has 18 heavy (non-hydrogen) atoms. The van der Waals surface area contributed by atoms with Gasteiger partial charge in [0.05, 0.1) is 23.7 Å². The number of piperazine rings is 1. The lowest BCUT2D eigenvalue weighted by molar-refractivity contribution is 0.0689. The van der Waals surface area contributed by atoms with Gasteiger partial charge in [-0.15, -0.1) is 12.4 Å². The van der Waals surface area contributed by atoms with Crippen LogP contribution in [0, 0.1) is 0 Å². The first-order chi connectivity index (χ1) is 8.24. The zero-order chi connectivity index (χ0) is 12.0. The number of carbonyl (C=O) groups excluding carboxylic acids is 1. The van der Waals surface area contributed by atoms with Gasteiger partial charge in [0, 0.05) is 19.6 Å². The Bertz CT molecular complexity index is 493. The minimum atomic E-state index is 0. The Morgan fingerprint density at radius 3 is 3.00 bits per heavy atom. The van der Waals surface area contributed by atoms with Gasteiger partial charge in [-0.2, -0.15) is 0 Å². The Morgan fingerprint density at radius 2 is 2.28 bits per heavy atom. The number of nitrogens with one attached hydrogen (secondary N) is 1. The molecule has 0 radical (unpaired) electrons. The molecule has 2 aliphatic rings. The van der Waals surface area contributed by atoms with Crippen molar-refractivity contribution in [3.63, 3.8) is 0 Å². The second-order valence-corrected chi connectivity index (χ2v) is 4.67. The second-order valence-electron chi connectivity index (χ2n) is 4.26. The number of ether oxygens (including phenoxy) is 1. The molecule has 0 unspecified atom stereocenters. The molecule has 1 amide bonds. The number of carbonyl (C=O) groups is 1. The van der Waals surface area contributed by atoms with E-state index in [0.29, 0.717) is 16.3 Å². The summed E-state index contributed by atoms with van der Waals surface area (Å²) in [6.07, 6.45) is 0. The fourth-order valence-electron chi connectivity index (χ4n) is 2.64. The van der Waals surface area contributed by atoms with Crippen molar-refractivity contribution in [2.75, 3.05) is 26.7 Å². The van der Waals surface area contributed by atoms with E-state index in [4.69, 9.17) is 16.3 Å². The predicted octanol–water partition coefficient (Wildman–Crippen LogP) is 1.87. The number of rotatable bonds is 1. The summed E-state index contributed by atoms with van der Waals surface area (Å²) in [5.41, 5.74) is 1.65. The van der Waals surface area contributed by atoms with Gasteiger partial charge in [0.15, 0.2) is 5.75 Å². The van der Waals surface area contributed by atoms with Crippen molar-refractivity contribution in [3.05, 3.63) is 28.3 Å². The molecule has 1 aromatic carbocycles. The highest BCUT2D eigenvalue weighted by molar-refractivity contribution is 6.32. The van der Waals surface area contributed by atoms with Crippen LogP contribution in [-0.2, 0) is 0 Å². The van der Waals surface area contributed by atoms with E-state index in [2.05, 4.69) is 5.32 Å². The van der Waals surface area contributed by atoms with Crippen molar-refractivity contribution in [1.29, 1.82) is 0 Å². The normalized spacial score (nSPS) is 21.1. The molecule has 1 aromatic rings. The molecule has 1 fully saturated rings. The Balaban J connectivity index is 0.00000120. The number of hydrogen-bond donors (Lipinski definition) is 1. The van der Waals surface area contributed by atoms with E-state index < -0.39 is 0 Å². The summed E-state index contributed by atoms with van der Waals surface area (Å²) in [5.74, 6) is 0.536. The van der Waals surface area contributed by atoms with E-state index in [1.807, 2.05) is 11.0 Å². The molecule has 1 saturated heterocycles. The van der Waals surface area contributed by atoms with Gasteiger partial charge in [-0.3, -0.25) is 4.79 Å². The van der Waals surface area contributed by atoms with E-state index in [9.17, 15) is 4.79 Å². The standard InChI is InChI=1S/C12H13ClN2O2.ClH/c1-17-11-8(13)3-2-7-9-6-14-4-5-15(9)12(16)10(7)11;/h2-3,9,14H,4-6H2,1H3;1H/t9-;/m0./s1. The SMILES string of the molecule is COc1c(Cl)ccc2c1C(=O)N1CCNC[C@@H]21.Cl. The third kappa shape index (κ3) is 1.76. The van der Waals surface area contributed by atoms with Crippen molar-refractivity contribution >= 4 is 29.9 Å². The van der Waals surface area contributed by atoms with E-state index in [1.165, 1.54) is 0 Å². The molecule has 0 aliphatic carbocycles. The number of fused-ring (bicyclic) bond motifs is 3. The predicted molar refractivity (Wildman–Crippen MR) is 71.9 cm³/mol. The lowest BCUT2D eigenvalue weighted by Crippen LogP contribution is -2.44. The number of methoxy groups -OCH3 is 1. The van der Waals surface area contributed by atoms with Crippen molar-refractivity contribution in [2.24, 2.45) is 0 Å². The summed E-state index contributed by atoms with van der Waals surface area (Å²) in [4.78, 5) is 14.2. The lowest BCUT2D eigenvalue weighted by atomic mass is 10.0. The van der Waals surface area contributed by atoms with Gasteiger partial charge >= 0.3 is 0 Å². The maximum absolute atomic E-state index is 12.3. The third-order valence-electron chi connectivity index (χ3n) is 3.42. The molecule has 1 N–H and O–H groups in total. The van der Waals surface area contributed by atoms with Crippen LogP contribution in [0.3, 0.4) is 0 Å². The molecular formula is C12H14Cl2N2O2. The van der Waals surface area contributed by atoms with Crippen LogP contribution in [0.15, 0.2) is 12.1 Å². The topological polar surface area (TPSA) is 41.6 Å². The highest BCUT2D eigenvalue weighted by Crippen LogP contribution is 2.42. The van der Waals surface area contributed by atoms with Crippen LogP contribution in [0.1, 0.15) is 22.0 Å². The van der Waals surface area contributed by atoms with Crippen LogP contribution < -0.4 is 10.1 Å². The molecule has 3 rings (SSSR count). The van der Waals surface area contributed by atoms with Gasteiger partial charge in [0.2, 0.25) is 0 Å². The summed E-state index contributed by atoms with van der Waals surface area (Å²) in [5, 5.41) is 3.79. The maximum atomic E-state index is 12.3.